The van der Waals surface area contributed by atoms with Gasteiger partial charge in [0.25, 0.3) is 0 Å². The van der Waals surface area contributed by atoms with Crippen LogP contribution in [-0.2, 0) is 4.79 Å². The highest BCUT2D eigenvalue weighted by molar-refractivity contribution is 5.92. The molecule has 128 valence electrons. The van der Waals surface area contributed by atoms with Crippen molar-refractivity contribution in [2.24, 2.45) is 0 Å². The maximum absolute atomic E-state index is 14.1. The topological polar surface area (TPSA) is 48.5 Å². The molecule has 3 rings (SSSR count). The molecule has 5 nitrogen and oxygen atoms in total. The first-order valence-corrected chi connectivity index (χ1v) is 7.93. The van der Waals surface area contributed by atoms with E-state index in [0.29, 0.717) is 30.7 Å². The summed E-state index contributed by atoms with van der Waals surface area (Å²) in [5, 5.41) is 3.23. The number of fused-ring (bicyclic) bond motifs is 1. The third-order valence-corrected chi connectivity index (χ3v) is 4.34. The van der Waals surface area contributed by atoms with Crippen molar-refractivity contribution in [3.8, 4) is 0 Å². The molecule has 0 radical (unpaired) electrons. The Morgan fingerprint density at radius 2 is 1.96 bits per heavy atom. The van der Waals surface area contributed by atoms with Crippen LogP contribution in [0.15, 0.2) is 18.2 Å². The number of aromatic nitrogens is 1. The third-order valence-electron chi connectivity index (χ3n) is 4.34. The number of amides is 1. The van der Waals surface area contributed by atoms with Crippen molar-refractivity contribution in [2.75, 3.05) is 44.7 Å². The van der Waals surface area contributed by atoms with Crippen LogP contribution in [0, 0.1) is 18.6 Å². The van der Waals surface area contributed by atoms with Crippen LogP contribution in [0.3, 0.4) is 0 Å². The zero-order chi connectivity index (χ0) is 17.3. The summed E-state index contributed by atoms with van der Waals surface area (Å²) >= 11 is 0. The van der Waals surface area contributed by atoms with Crippen molar-refractivity contribution in [3.05, 3.63) is 35.5 Å². The predicted molar refractivity (Wildman–Crippen MR) is 89.1 cm³/mol. The summed E-state index contributed by atoms with van der Waals surface area (Å²) in [6, 6.07) is 4.61. The molecule has 1 amide bonds. The Hall–Kier alpha value is -2.28. The molecule has 1 saturated heterocycles. The van der Waals surface area contributed by atoms with Gasteiger partial charge in [-0.3, -0.25) is 9.69 Å². The second-order valence-corrected chi connectivity index (χ2v) is 5.98. The number of carbonyl (C=O) groups is 1. The monoisotopic (exact) mass is 334 g/mol. The Kier molecular flexibility index (Phi) is 4.62. The summed E-state index contributed by atoms with van der Waals surface area (Å²) in [6.45, 7) is 5.05. The van der Waals surface area contributed by atoms with E-state index in [1.165, 1.54) is 0 Å². The minimum Gasteiger partial charge on any atom is -0.368 e. The number of rotatable bonds is 3. The van der Waals surface area contributed by atoms with Gasteiger partial charge in [0.2, 0.25) is 5.91 Å². The van der Waals surface area contributed by atoms with Crippen LogP contribution in [0.1, 0.15) is 5.69 Å². The van der Waals surface area contributed by atoms with E-state index in [1.807, 2.05) is 6.07 Å². The lowest BCUT2D eigenvalue weighted by Crippen LogP contribution is -2.49. The Labute approximate surface area is 139 Å². The smallest absolute Gasteiger partial charge is 0.233 e. The Balaban J connectivity index is 1.86. The molecular formula is C17H20F2N4O. The van der Waals surface area contributed by atoms with Crippen LogP contribution in [0.2, 0.25) is 0 Å². The van der Waals surface area contributed by atoms with E-state index in [9.17, 15) is 13.6 Å². The predicted octanol–water partition coefficient (Wildman–Crippen LogP) is 1.69. The van der Waals surface area contributed by atoms with Crippen LogP contribution in [-0.4, -0.2) is 55.6 Å². The van der Waals surface area contributed by atoms with Gasteiger partial charge in [-0.1, -0.05) is 0 Å². The standard InChI is InChI=1S/C17H20F2N4O/c1-11-9-14(12-3-4-13(18)16(19)17(12)21-11)23-7-5-22(6-8-23)10-15(24)20-2/h3-4,9H,5-8,10H2,1-2H3,(H,20,24). The summed E-state index contributed by atoms with van der Waals surface area (Å²) < 4.78 is 27.5. The van der Waals surface area contributed by atoms with Crippen LogP contribution < -0.4 is 10.2 Å². The summed E-state index contributed by atoms with van der Waals surface area (Å²) in [4.78, 5) is 19.8. The van der Waals surface area contributed by atoms with Crippen molar-refractivity contribution >= 4 is 22.5 Å². The Bertz CT molecular complexity index is 773. The van der Waals surface area contributed by atoms with Crippen LogP contribution >= 0.6 is 0 Å². The average molecular weight is 334 g/mol. The number of nitrogens with zero attached hydrogens (tertiary/aromatic N) is 3. The molecule has 1 aromatic carbocycles. The van der Waals surface area contributed by atoms with Crippen molar-refractivity contribution < 1.29 is 13.6 Å². The first-order chi connectivity index (χ1) is 11.5. The number of nitrogens with one attached hydrogen (secondary N) is 1. The normalized spacial score (nSPS) is 15.8. The molecule has 2 aromatic rings. The highest BCUT2D eigenvalue weighted by atomic mass is 19.2. The van der Waals surface area contributed by atoms with Gasteiger partial charge < -0.3 is 10.2 Å². The van der Waals surface area contributed by atoms with Gasteiger partial charge in [0.05, 0.1) is 6.54 Å². The van der Waals surface area contributed by atoms with Gasteiger partial charge in [-0.25, -0.2) is 13.8 Å². The lowest BCUT2D eigenvalue weighted by Gasteiger charge is -2.36. The number of likely N-dealkylation sites (N-methyl/N-ethyl adjacent to an activating group) is 1. The average Bonchev–Trinajstić information content (AvgIpc) is 2.58. The highest BCUT2D eigenvalue weighted by Crippen LogP contribution is 2.30. The first-order valence-electron chi connectivity index (χ1n) is 7.93. The van der Waals surface area contributed by atoms with Gasteiger partial charge in [-0.2, -0.15) is 0 Å². The second-order valence-electron chi connectivity index (χ2n) is 5.98. The number of carbonyl (C=O) groups excluding carboxylic acids is 1. The lowest BCUT2D eigenvalue weighted by molar-refractivity contribution is -0.121. The Morgan fingerprint density at radius 3 is 2.62 bits per heavy atom. The second kappa shape index (κ2) is 6.68. The zero-order valence-corrected chi connectivity index (χ0v) is 13.8. The fourth-order valence-electron chi connectivity index (χ4n) is 3.03. The molecule has 2 heterocycles. The van der Waals surface area contributed by atoms with E-state index in [0.717, 1.165) is 24.8 Å². The summed E-state index contributed by atoms with van der Waals surface area (Å²) in [6.07, 6.45) is 0. The van der Waals surface area contributed by atoms with Crippen LogP contribution in [0.5, 0.6) is 0 Å². The molecule has 0 bridgehead atoms. The first kappa shape index (κ1) is 16.6. The van der Waals surface area contributed by atoms with Gasteiger partial charge in [-0.15, -0.1) is 0 Å². The number of hydrogen-bond donors (Lipinski definition) is 1. The number of piperazine rings is 1. The molecular weight excluding hydrogens is 314 g/mol. The fraction of sp³-hybridized carbons (Fsp3) is 0.412. The van der Waals surface area contributed by atoms with Crippen LogP contribution in [0.4, 0.5) is 14.5 Å². The van der Waals surface area contributed by atoms with Crippen molar-refractivity contribution in [1.82, 2.24) is 15.2 Å². The molecule has 0 unspecified atom stereocenters. The highest BCUT2D eigenvalue weighted by Gasteiger charge is 2.22. The molecule has 1 fully saturated rings. The molecule has 0 saturated carbocycles. The van der Waals surface area contributed by atoms with E-state index < -0.39 is 11.6 Å². The maximum atomic E-state index is 14.1. The van der Waals surface area contributed by atoms with E-state index >= 15 is 0 Å². The quantitative estimate of drug-likeness (QED) is 0.928. The fourth-order valence-corrected chi connectivity index (χ4v) is 3.03. The lowest BCUT2D eigenvalue weighted by atomic mass is 10.1. The molecule has 0 atom stereocenters. The summed E-state index contributed by atoms with van der Waals surface area (Å²) in [7, 11) is 1.62. The maximum Gasteiger partial charge on any atom is 0.233 e. The molecule has 1 aliphatic rings. The zero-order valence-electron chi connectivity index (χ0n) is 13.8. The molecule has 1 N–H and O–H groups in total. The van der Waals surface area contributed by atoms with Crippen molar-refractivity contribution in [1.29, 1.82) is 0 Å². The van der Waals surface area contributed by atoms with Gasteiger partial charge in [0.15, 0.2) is 11.6 Å². The minimum absolute atomic E-state index is 0.00815. The van der Waals surface area contributed by atoms with E-state index in [2.05, 4.69) is 20.1 Å². The van der Waals surface area contributed by atoms with E-state index in [1.54, 1.807) is 20.0 Å². The van der Waals surface area contributed by atoms with Gasteiger partial charge in [-0.05, 0) is 25.1 Å². The van der Waals surface area contributed by atoms with Gasteiger partial charge in [0, 0.05) is 50.0 Å². The number of hydrogen-bond acceptors (Lipinski definition) is 4. The largest absolute Gasteiger partial charge is 0.368 e. The molecule has 1 aliphatic heterocycles. The summed E-state index contributed by atoms with van der Waals surface area (Å²) in [5.41, 5.74) is 1.57. The van der Waals surface area contributed by atoms with Crippen molar-refractivity contribution in [3.63, 3.8) is 0 Å². The number of benzene rings is 1. The molecule has 0 aliphatic carbocycles. The number of pyridine rings is 1. The molecule has 24 heavy (non-hydrogen) atoms. The Morgan fingerprint density at radius 1 is 1.25 bits per heavy atom. The van der Waals surface area contributed by atoms with E-state index in [-0.39, 0.29) is 11.4 Å². The van der Waals surface area contributed by atoms with Crippen molar-refractivity contribution in [2.45, 2.75) is 6.92 Å². The van der Waals surface area contributed by atoms with Crippen LogP contribution in [0.25, 0.3) is 10.9 Å². The van der Waals surface area contributed by atoms with Gasteiger partial charge >= 0.3 is 0 Å². The minimum atomic E-state index is -0.907. The molecule has 1 aromatic heterocycles. The SMILES string of the molecule is CNC(=O)CN1CCN(c2cc(C)nc3c(F)c(F)ccc23)CC1. The summed E-state index contributed by atoms with van der Waals surface area (Å²) in [5.74, 6) is -1.80. The van der Waals surface area contributed by atoms with Gasteiger partial charge in [0.1, 0.15) is 5.52 Å². The molecule has 0 spiro atoms. The number of halogens is 2. The number of anilines is 1. The third kappa shape index (κ3) is 3.17. The van der Waals surface area contributed by atoms with E-state index in [4.69, 9.17) is 0 Å². The molecule has 7 heteroatoms. The number of aryl methyl sites for hydroxylation is 1.